The van der Waals surface area contributed by atoms with E-state index in [1.807, 2.05) is 42.5 Å². The van der Waals surface area contributed by atoms with Crippen LogP contribution in [0, 0.1) is 0 Å². The van der Waals surface area contributed by atoms with Gasteiger partial charge in [-0.2, -0.15) is 0 Å². The standard InChI is InChI=1S/C20H13ClO3/c21-15-9-6-10-16(13-15)23-20(14-7-2-1-3-8-14)18-12-5-4-11-17(18)19(22)24-20/h1-13H. The molecule has 4 heteroatoms. The van der Waals surface area contributed by atoms with Gasteiger partial charge in [0.05, 0.1) is 11.1 Å². The quantitative estimate of drug-likeness (QED) is 0.645. The van der Waals surface area contributed by atoms with Crippen LogP contribution in [-0.2, 0) is 10.5 Å². The summed E-state index contributed by atoms with van der Waals surface area (Å²) in [5, 5.41) is 0.549. The van der Waals surface area contributed by atoms with Gasteiger partial charge in [-0.15, -0.1) is 0 Å². The first-order chi connectivity index (χ1) is 11.7. The molecule has 0 aliphatic carbocycles. The molecule has 4 rings (SSSR count). The Morgan fingerprint density at radius 3 is 2.42 bits per heavy atom. The van der Waals surface area contributed by atoms with E-state index in [-0.39, 0.29) is 0 Å². The van der Waals surface area contributed by atoms with Crippen molar-refractivity contribution in [2.75, 3.05) is 0 Å². The summed E-state index contributed by atoms with van der Waals surface area (Å²) in [5.41, 5.74) is 1.92. The smallest absolute Gasteiger partial charge is 0.342 e. The third-order valence-electron chi connectivity index (χ3n) is 3.95. The molecule has 0 aromatic heterocycles. The van der Waals surface area contributed by atoms with Crippen molar-refractivity contribution >= 4 is 17.6 Å². The van der Waals surface area contributed by atoms with Crippen molar-refractivity contribution in [2.24, 2.45) is 0 Å². The van der Waals surface area contributed by atoms with E-state index in [0.29, 0.717) is 21.9 Å². The highest BCUT2D eigenvalue weighted by Crippen LogP contribution is 2.43. The number of carbonyl (C=O) groups excluding carboxylic acids is 1. The highest BCUT2D eigenvalue weighted by Gasteiger charge is 2.49. The molecule has 3 aromatic carbocycles. The molecule has 1 aliphatic rings. The van der Waals surface area contributed by atoms with E-state index in [1.54, 1.807) is 36.4 Å². The molecular weight excluding hydrogens is 324 g/mol. The van der Waals surface area contributed by atoms with Crippen LogP contribution in [0.15, 0.2) is 78.9 Å². The van der Waals surface area contributed by atoms with E-state index in [0.717, 1.165) is 5.56 Å². The summed E-state index contributed by atoms with van der Waals surface area (Å²) in [6.07, 6.45) is 0. The number of esters is 1. The lowest BCUT2D eigenvalue weighted by atomic mass is 9.95. The van der Waals surface area contributed by atoms with Crippen molar-refractivity contribution in [3.8, 4) is 5.75 Å². The molecule has 0 spiro atoms. The van der Waals surface area contributed by atoms with Crippen LogP contribution < -0.4 is 4.74 Å². The normalized spacial score (nSPS) is 18.8. The van der Waals surface area contributed by atoms with Gasteiger partial charge in [0.1, 0.15) is 5.75 Å². The maximum absolute atomic E-state index is 12.4. The van der Waals surface area contributed by atoms with Gasteiger partial charge in [0, 0.05) is 10.6 Å². The molecule has 3 nitrogen and oxygen atoms in total. The molecule has 118 valence electrons. The second kappa shape index (κ2) is 5.69. The fourth-order valence-corrected chi connectivity index (χ4v) is 3.07. The Labute approximate surface area is 144 Å². The van der Waals surface area contributed by atoms with E-state index in [4.69, 9.17) is 21.1 Å². The molecule has 1 heterocycles. The van der Waals surface area contributed by atoms with E-state index >= 15 is 0 Å². The highest BCUT2D eigenvalue weighted by molar-refractivity contribution is 6.30. The molecule has 0 N–H and O–H groups in total. The molecule has 3 aromatic rings. The zero-order valence-corrected chi connectivity index (χ0v) is 13.4. The lowest BCUT2D eigenvalue weighted by molar-refractivity contribution is -0.108. The first-order valence-electron chi connectivity index (χ1n) is 7.52. The Bertz CT molecular complexity index is 908. The molecule has 0 radical (unpaired) electrons. The van der Waals surface area contributed by atoms with Crippen molar-refractivity contribution in [3.63, 3.8) is 0 Å². The lowest BCUT2D eigenvalue weighted by Crippen LogP contribution is -2.34. The van der Waals surface area contributed by atoms with E-state index < -0.39 is 11.8 Å². The Morgan fingerprint density at radius 1 is 0.875 bits per heavy atom. The molecule has 1 unspecified atom stereocenters. The summed E-state index contributed by atoms with van der Waals surface area (Å²) in [5.74, 6) is -1.20. The minimum atomic E-state index is -1.32. The number of hydrogen-bond donors (Lipinski definition) is 0. The maximum Gasteiger partial charge on any atom is 0.342 e. The topological polar surface area (TPSA) is 35.5 Å². The van der Waals surface area contributed by atoms with Gasteiger partial charge in [0.2, 0.25) is 0 Å². The van der Waals surface area contributed by atoms with Crippen molar-refractivity contribution in [1.82, 2.24) is 0 Å². The summed E-state index contributed by atoms with van der Waals surface area (Å²) < 4.78 is 11.9. The fourth-order valence-electron chi connectivity index (χ4n) is 2.89. The van der Waals surface area contributed by atoms with Crippen LogP contribution in [-0.4, -0.2) is 5.97 Å². The Morgan fingerprint density at radius 2 is 1.62 bits per heavy atom. The van der Waals surface area contributed by atoms with Gasteiger partial charge in [-0.1, -0.05) is 60.1 Å². The largest absolute Gasteiger partial charge is 0.444 e. The van der Waals surface area contributed by atoms with Crippen molar-refractivity contribution in [3.05, 3.63) is 101 Å². The Hall–Kier alpha value is -2.78. The van der Waals surface area contributed by atoms with E-state index in [2.05, 4.69) is 0 Å². The summed E-state index contributed by atoms with van der Waals surface area (Å²) in [6, 6.07) is 23.7. The molecule has 0 saturated carbocycles. The average Bonchev–Trinajstić information content (AvgIpc) is 2.89. The van der Waals surface area contributed by atoms with Crippen LogP contribution in [0.2, 0.25) is 5.02 Å². The van der Waals surface area contributed by atoms with Crippen LogP contribution in [0.1, 0.15) is 21.5 Å². The van der Waals surface area contributed by atoms with Crippen LogP contribution in [0.3, 0.4) is 0 Å². The molecule has 0 fully saturated rings. The number of benzene rings is 3. The molecule has 1 aliphatic heterocycles. The molecule has 1 atom stereocenters. The van der Waals surface area contributed by atoms with Gasteiger partial charge in [-0.05, 0) is 30.3 Å². The van der Waals surface area contributed by atoms with Gasteiger partial charge in [0.15, 0.2) is 0 Å². The maximum atomic E-state index is 12.4. The Balaban J connectivity index is 1.91. The number of fused-ring (bicyclic) bond motifs is 1. The minimum absolute atomic E-state index is 0.406. The first kappa shape index (κ1) is 14.8. The van der Waals surface area contributed by atoms with Crippen LogP contribution >= 0.6 is 11.6 Å². The zero-order chi connectivity index (χ0) is 16.6. The van der Waals surface area contributed by atoms with Gasteiger partial charge < -0.3 is 9.47 Å². The lowest BCUT2D eigenvalue weighted by Gasteiger charge is -2.30. The third kappa shape index (κ3) is 2.34. The second-order valence-corrected chi connectivity index (χ2v) is 5.91. The number of cyclic esters (lactones) is 1. The first-order valence-corrected chi connectivity index (χ1v) is 7.90. The van der Waals surface area contributed by atoms with Crippen molar-refractivity contribution in [2.45, 2.75) is 5.79 Å². The summed E-state index contributed by atoms with van der Waals surface area (Å²) in [7, 11) is 0. The minimum Gasteiger partial charge on any atom is -0.444 e. The zero-order valence-electron chi connectivity index (χ0n) is 12.6. The second-order valence-electron chi connectivity index (χ2n) is 5.48. The predicted molar refractivity (Wildman–Crippen MR) is 91.2 cm³/mol. The number of halogens is 1. The van der Waals surface area contributed by atoms with Crippen LogP contribution in [0.4, 0.5) is 0 Å². The SMILES string of the molecule is O=C1OC(Oc2cccc(Cl)c2)(c2ccccc2)c2ccccc21. The number of carbonyl (C=O) groups is 1. The summed E-state index contributed by atoms with van der Waals surface area (Å²) >= 11 is 6.06. The monoisotopic (exact) mass is 336 g/mol. The average molecular weight is 337 g/mol. The molecule has 0 saturated heterocycles. The number of hydrogen-bond acceptors (Lipinski definition) is 3. The van der Waals surface area contributed by atoms with E-state index in [1.165, 1.54) is 0 Å². The predicted octanol–water partition coefficient (Wildman–Crippen LogP) is 4.79. The van der Waals surface area contributed by atoms with E-state index in [9.17, 15) is 4.79 Å². The molecule has 0 bridgehead atoms. The number of ether oxygens (including phenoxy) is 2. The Kier molecular flexibility index (Phi) is 3.51. The summed E-state index contributed by atoms with van der Waals surface area (Å²) in [6.45, 7) is 0. The van der Waals surface area contributed by atoms with Crippen LogP contribution in [0.25, 0.3) is 0 Å². The molecule has 24 heavy (non-hydrogen) atoms. The van der Waals surface area contributed by atoms with Crippen LogP contribution in [0.5, 0.6) is 5.75 Å². The highest BCUT2D eigenvalue weighted by atomic mass is 35.5. The molecule has 0 amide bonds. The molecular formula is C20H13ClO3. The third-order valence-corrected chi connectivity index (χ3v) is 4.18. The van der Waals surface area contributed by atoms with Gasteiger partial charge in [0.25, 0.3) is 0 Å². The summed E-state index contributed by atoms with van der Waals surface area (Å²) in [4.78, 5) is 12.4. The van der Waals surface area contributed by atoms with Gasteiger partial charge >= 0.3 is 11.8 Å². The van der Waals surface area contributed by atoms with Gasteiger partial charge in [-0.25, -0.2) is 4.79 Å². The van der Waals surface area contributed by atoms with Crippen molar-refractivity contribution in [1.29, 1.82) is 0 Å². The van der Waals surface area contributed by atoms with Crippen molar-refractivity contribution < 1.29 is 14.3 Å². The number of rotatable bonds is 3. The fraction of sp³-hybridized carbons (Fsp3) is 0.0500. The van der Waals surface area contributed by atoms with Gasteiger partial charge in [-0.3, -0.25) is 0 Å².